The summed E-state index contributed by atoms with van der Waals surface area (Å²) in [6.45, 7) is 3.43. The van der Waals surface area contributed by atoms with Gasteiger partial charge in [0.05, 0.1) is 6.54 Å². The van der Waals surface area contributed by atoms with Gasteiger partial charge in [0.1, 0.15) is 0 Å². The number of nitrogens with zero attached hydrogens (tertiary/aromatic N) is 1. The second kappa shape index (κ2) is 4.61. The smallest absolute Gasteiger partial charge is 0.239 e. The molecule has 0 aromatic heterocycles. The highest BCUT2D eigenvalue weighted by molar-refractivity contribution is 5.87. The third-order valence-electron chi connectivity index (χ3n) is 2.99. The monoisotopic (exact) mass is 211 g/mol. The van der Waals surface area contributed by atoms with Crippen LogP contribution in [0.1, 0.15) is 12.8 Å². The standard InChI is InChI=1S/C10H17N3O2/c14-9-7-13(10(15)2-4-12-9)6-8-1-3-11-5-8/h8,11H,1-7H2,(H,12,14). The molecule has 1 atom stereocenters. The second-order valence-electron chi connectivity index (χ2n) is 4.23. The van der Waals surface area contributed by atoms with Crippen molar-refractivity contribution in [3.63, 3.8) is 0 Å². The lowest BCUT2D eigenvalue weighted by molar-refractivity contribution is -0.134. The first-order chi connectivity index (χ1) is 7.25. The lowest BCUT2D eigenvalue weighted by atomic mass is 10.1. The maximum Gasteiger partial charge on any atom is 0.239 e. The number of nitrogens with one attached hydrogen (secondary N) is 2. The molecule has 15 heavy (non-hydrogen) atoms. The van der Waals surface area contributed by atoms with Gasteiger partial charge in [0, 0.05) is 19.5 Å². The molecule has 0 aliphatic carbocycles. The molecular formula is C10H17N3O2. The highest BCUT2D eigenvalue weighted by Gasteiger charge is 2.25. The Bertz CT molecular complexity index is 261. The predicted octanol–water partition coefficient (Wildman–Crippen LogP) is -1.06. The van der Waals surface area contributed by atoms with E-state index < -0.39 is 0 Å². The van der Waals surface area contributed by atoms with Crippen molar-refractivity contribution in [1.82, 2.24) is 15.5 Å². The van der Waals surface area contributed by atoms with Crippen LogP contribution in [0, 0.1) is 5.92 Å². The number of hydrogen-bond donors (Lipinski definition) is 2. The molecule has 5 nitrogen and oxygen atoms in total. The number of amides is 2. The number of hydrogen-bond acceptors (Lipinski definition) is 3. The molecule has 2 saturated heterocycles. The van der Waals surface area contributed by atoms with Gasteiger partial charge >= 0.3 is 0 Å². The summed E-state index contributed by atoms with van der Waals surface area (Å²) in [6, 6.07) is 0. The first kappa shape index (κ1) is 10.4. The molecule has 0 aromatic carbocycles. The number of carbonyl (C=O) groups excluding carboxylic acids is 2. The summed E-state index contributed by atoms with van der Waals surface area (Å²) in [5.41, 5.74) is 0. The number of rotatable bonds is 2. The Morgan fingerprint density at radius 3 is 2.93 bits per heavy atom. The van der Waals surface area contributed by atoms with Crippen molar-refractivity contribution < 1.29 is 9.59 Å². The minimum atomic E-state index is -0.0354. The van der Waals surface area contributed by atoms with Gasteiger partial charge in [-0.3, -0.25) is 9.59 Å². The molecule has 5 heteroatoms. The largest absolute Gasteiger partial charge is 0.354 e. The average molecular weight is 211 g/mol. The zero-order valence-corrected chi connectivity index (χ0v) is 8.79. The van der Waals surface area contributed by atoms with Gasteiger partial charge in [-0.1, -0.05) is 0 Å². The Morgan fingerprint density at radius 1 is 1.33 bits per heavy atom. The molecule has 0 radical (unpaired) electrons. The van der Waals surface area contributed by atoms with Gasteiger partial charge < -0.3 is 15.5 Å². The molecule has 0 spiro atoms. The molecule has 2 aliphatic rings. The van der Waals surface area contributed by atoms with E-state index in [1.165, 1.54) is 0 Å². The summed E-state index contributed by atoms with van der Waals surface area (Å²) in [5, 5.41) is 5.98. The van der Waals surface area contributed by atoms with Crippen LogP contribution in [0.25, 0.3) is 0 Å². The van der Waals surface area contributed by atoms with E-state index in [-0.39, 0.29) is 18.4 Å². The van der Waals surface area contributed by atoms with Crippen molar-refractivity contribution in [1.29, 1.82) is 0 Å². The lowest BCUT2D eigenvalue weighted by Crippen LogP contribution is -2.39. The summed E-state index contributed by atoms with van der Waals surface area (Å²) in [6.07, 6.45) is 1.54. The summed E-state index contributed by atoms with van der Waals surface area (Å²) >= 11 is 0. The average Bonchev–Trinajstić information content (AvgIpc) is 2.63. The topological polar surface area (TPSA) is 61.4 Å². The van der Waals surface area contributed by atoms with Crippen LogP contribution in [-0.4, -0.2) is 49.4 Å². The summed E-state index contributed by atoms with van der Waals surface area (Å²) in [7, 11) is 0. The highest BCUT2D eigenvalue weighted by Crippen LogP contribution is 2.11. The molecule has 2 heterocycles. The third kappa shape index (κ3) is 2.68. The maximum atomic E-state index is 11.7. The molecule has 1 unspecified atom stereocenters. The second-order valence-corrected chi connectivity index (χ2v) is 4.23. The summed E-state index contributed by atoms with van der Waals surface area (Å²) in [5.74, 6) is 0.576. The van der Waals surface area contributed by atoms with E-state index in [1.54, 1.807) is 4.90 Å². The van der Waals surface area contributed by atoms with Crippen molar-refractivity contribution in [3.8, 4) is 0 Å². The van der Waals surface area contributed by atoms with Crippen molar-refractivity contribution in [2.24, 2.45) is 5.92 Å². The number of carbonyl (C=O) groups is 2. The molecule has 84 valence electrons. The Kier molecular flexibility index (Phi) is 3.20. The fourth-order valence-corrected chi connectivity index (χ4v) is 2.13. The quantitative estimate of drug-likeness (QED) is 0.612. The Labute approximate surface area is 89.2 Å². The van der Waals surface area contributed by atoms with Gasteiger partial charge in [-0.2, -0.15) is 0 Å². The van der Waals surface area contributed by atoms with Gasteiger partial charge in [0.15, 0.2) is 0 Å². The minimum Gasteiger partial charge on any atom is -0.354 e. The van der Waals surface area contributed by atoms with E-state index in [2.05, 4.69) is 10.6 Å². The normalized spacial score (nSPS) is 27.7. The minimum absolute atomic E-state index is 0.0354. The Balaban J connectivity index is 1.92. The molecule has 2 N–H and O–H groups in total. The molecule has 0 saturated carbocycles. The van der Waals surface area contributed by atoms with Crippen LogP contribution in [0.5, 0.6) is 0 Å². The van der Waals surface area contributed by atoms with Crippen molar-refractivity contribution in [2.75, 3.05) is 32.7 Å². The van der Waals surface area contributed by atoms with Gasteiger partial charge in [-0.25, -0.2) is 0 Å². The van der Waals surface area contributed by atoms with Crippen LogP contribution in [0.4, 0.5) is 0 Å². The van der Waals surface area contributed by atoms with Crippen LogP contribution in [0.2, 0.25) is 0 Å². The predicted molar refractivity (Wildman–Crippen MR) is 55.2 cm³/mol. The van der Waals surface area contributed by atoms with Crippen LogP contribution in [-0.2, 0) is 9.59 Å². The molecule has 2 fully saturated rings. The molecule has 2 amide bonds. The van der Waals surface area contributed by atoms with Crippen molar-refractivity contribution >= 4 is 11.8 Å². The third-order valence-corrected chi connectivity index (χ3v) is 2.99. The van der Waals surface area contributed by atoms with Crippen LogP contribution in [0.3, 0.4) is 0 Å². The van der Waals surface area contributed by atoms with Gasteiger partial charge in [0.25, 0.3) is 0 Å². The van der Waals surface area contributed by atoms with E-state index in [0.717, 1.165) is 26.1 Å². The van der Waals surface area contributed by atoms with E-state index in [0.29, 0.717) is 18.9 Å². The Hall–Kier alpha value is -1.10. The molecule has 2 rings (SSSR count). The fraction of sp³-hybridized carbons (Fsp3) is 0.800. The first-order valence-corrected chi connectivity index (χ1v) is 5.51. The molecule has 2 aliphatic heterocycles. The first-order valence-electron chi connectivity index (χ1n) is 5.51. The molecular weight excluding hydrogens is 194 g/mol. The van der Waals surface area contributed by atoms with Gasteiger partial charge in [-0.15, -0.1) is 0 Å². The van der Waals surface area contributed by atoms with E-state index in [9.17, 15) is 9.59 Å². The summed E-state index contributed by atoms with van der Waals surface area (Å²) in [4.78, 5) is 24.6. The SMILES string of the molecule is O=C1CN(CC2CCNC2)C(=O)CCN1. The summed E-state index contributed by atoms with van der Waals surface area (Å²) < 4.78 is 0. The zero-order chi connectivity index (χ0) is 10.7. The van der Waals surface area contributed by atoms with Crippen molar-refractivity contribution in [3.05, 3.63) is 0 Å². The van der Waals surface area contributed by atoms with E-state index in [1.807, 2.05) is 0 Å². The lowest BCUT2D eigenvalue weighted by Gasteiger charge is -2.22. The molecule has 0 bridgehead atoms. The van der Waals surface area contributed by atoms with Gasteiger partial charge in [0.2, 0.25) is 11.8 Å². The van der Waals surface area contributed by atoms with E-state index in [4.69, 9.17) is 0 Å². The maximum absolute atomic E-state index is 11.7. The van der Waals surface area contributed by atoms with Crippen molar-refractivity contribution in [2.45, 2.75) is 12.8 Å². The van der Waals surface area contributed by atoms with Gasteiger partial charge in [-0.05, 0) is 25.4 Å². The fourth-order valence-electron chi connectivity index (χ4n) is 2.13. The van der Waals surface area contributed by atoms with Crippen LogP contribution in [0.15, 0.2) is 0 Å². The van der Waals surface area contributed by atoms with E-state index >= 15 is 0 Å². The Morgan fingerprint density at radius 2 is 2.20 bits per heavy atom. The van der Waals surface area contributed by atoms with Crippen LogP contribution >= 0.6 is 0 Å². The molecule has 0 aromatic rings. The highest BCUT2D eigenvalue weighted by atomic mass is 16.2. The van der Waals surface area contributed by atoms with Crippen LogP contribution < -0.4 is 10.6 Å². The zero-order valence-electron chi connectivity index (χ0n) is 8.79.